The Labute approximate surface area is 202 Å². The molecule has 0 amide bonds. The summed E-state index contributed by atoms with van der Waals surface area (Å²) in [4.78, 5) is 13.9. The van der Waals surface area contributed by atoms with Crippen molar-refractivity contribution in [2.24, 2.45) is 0 Å². The molecular formula is C25H22Cl2O4S. The molecule has 0 fully saturated rings. The van der Waals surface area contributed by atoms with E-state index in [-0.39, 0.29) is 5.78 Å². The lowest BCUT2D eigenvalue weighted by Gasteiger charge is -2.15. The Morgan fingerprint density at radius 2 is 1.56 bits per heavy atom. The second kappa shape index (κ2) is 11.3. The molecule has 3 rings (SSSR count). The van der Waals surface area contributed by atoms with Crippen molar-refractivity contribution in [2.45, 2.75) is 5.75 Å². The highest BCUT2D eigenvalue weighted by Crippen LogP contribution is 2.41. The molecule has 4 nitrogen and oxygen atoms in total. The molecule has 166 valence electrons. The topological polar surface area (TPSA) is 44.8 Å². The molecule has 3 aromatic rings. The van der Waals surface area contributed by atoms with Gasteiger partial charge in [-0.2, -0.15) is 0 Å². The van der Waals surface area contributed by atoms with Gasteiger partial charge in [-0.15, -0.1) is 11.8 Å². The lowest BCUT2D eigenvalue weighted by Crippen LogP contribution is -2.02. The van der Waals surface area contributed by atoms with Gasteiger partial charge in [0, 0.05) is 26.9 Å². The Balaban J connectivity index is 2.05. The third kappa shape index (κ3) is 5.60. The Morgan fingerprint density at radius 3 is 2.19 bits per heavy atom. The van der Waals surface area contributed by atoms with Crippen LogP contribution in [0.4, 0.5) is 0 Å². The average molecular weight is 489 g/mol. The SMILES string of the molecule is COc1ccc(C=C(SCc2ccccc2Cl)C(=O)c2ccc(Cl)cc2)c(OC)c1OC. The molecule has 0 atom stereocenters. The maximum atomic E-state index is 13.4. The first-order chi connectivity index (χ1) is 15.5. The molecular weight excluding hydrogens is 467 g/mol. The smallest absolute Gasteiger partial charge is 0.203 e. The van der Waals surface area contributed by atoms with Crippen LogP contribution in [0.15, 0.2) is 65.6 Å². The predicted molar refractivity (Wildman–Crippen MR) is 133 cm³/mol. The van der Waals surface area contributed by atoms with E-state index in [1.54, 1.807) is 57.7 Å². The quantitative estimate of drug-likeness (QED) is 0.235. The van der Waals surface area contributed by atoms with Crippen molar-refractivity contribution in [3.8, 4) is 17.2 Å². The number of ketones is 1. The maximum Gasteiger partial charge on any atom is 0.203 e. The monoisotopic (exact) mass is 488 g/mol. The normalized spacial score (nSPS) is 11.2. The molecule has 0 unspecified atom stereocenters. The van der Waals surface area contributed by atoms with Gasteiger partial charge in [0.2, 0.25) is 5.75 Å². The number of rotatable bonds is 9. The lowest BCUT2D eigenvalue weighted by molar-refractivity contribution is 0.104. The van der Waals surface area contributed by atoms with Crippen LogP contribution in [0.25, 0.3) is 6.08 Å². The second-order valence-electron chi connectivity index (χ2n) is 6.65. The molecule has 7 heteroatoms. The number of ether oxygens (including phenoxy) is 3. The molecule has 0 aromatic heterocycles. The third-order valence-corrected chi connectivity index (χ3v) is 6.38. The van der Waals surface area contributed by atoms with Crippen molar-refractivity contribution in [3.63, 3.8) is 0 Å². The molecule has 0 heterocycles. The van der Waals surface area contributed by atoms with Gasteiger partial charge >= 0.3 is 0 Å². The predicted octanol–water partition coefficient (Wildman–Crippen LogP) is 7.18. The van der Waals surface area contributed by atoms with Crippen molar-refractivity contribution < 1.29 is 19.0 Å². The van der Waals surface area contributed by atoms with Gasteiger partial charge in [0.15, 0.2) is 17.3 Å². The summed E-state index contributed by atoms with van der Waals surface area (Å²) in [5, 5.41) is 1.22. The molecule has 0 saturated heterocycles. The van der Waals surface area contributed by atoms with Crippen molar-refractivity contribution in [3.05, 3.63) is 92.3 Å². The van der Waals surface area contributed by atoms with Crippen LogP contribution in [0.2, 0.25) is 10.0 Å². The van der Waals surface area contributed by atoms with Gasteiger partial charge in [0.1, 0.15) is 0 Å². The highest BCUT2D eigenvalue weighted by molar-refractivity contribution is 8.03. The zero-order chi connectivity index (χ0) is 23.1. The van der Waals surface area contributed by atoms with Gasteiger partial charge in [-0.25, -0.2) is 0 Å². The number of hydrogen-bond donors (Lipinski definition) is 0. The minimum absolute atomic E-state index is 0.129. The molecule has 0 aliphatic rings. The highest BCUT2D eigenvalue weighted by atomic mass is 35.5. The van der Waals surface area contributed by atoms with E-state index in [1.807, 2.05) is 30.3 Å². The van der Waals surface area contributed by atoms with Crippen LogP contribution in [0.3, 0.4) is 0 Å². The standard InChI is InChI=1S/C25H22Cl2O4S/c1-29-21-13-10-17(24(30-2)25(21)31-3)14-22(23(28)16-8-11-19(26)12-9-16)32-15-18-6-4-5-7-20(18)27/h4-14H,15H2,1-3H3. The Bertz CT molecular complexity index is 1130. The summed E-state index contributed by atoms with van der Waals surface area (Å²) in [5.41, 5.74) is 2.16. The molecule has 0 saturated carbocycles. The number of carbonyl (C=O) groups excluding carboxylic acids is 1. The van der Waals surface area contributed by atoms with Gasteiger partial charge in [-0.1, -0.05) is 41.4 Å². The van der Waals surface area contributed by atoms with E-state index in [0.717, 1.165) is 5.56 Å². The summed E-state index contributed by atoms with van der Waals surface area (Å²) < 4.78 is 16.4. The third-order valence-electron chi connectivity index (χ3n) is 4.69. The molecule has 0 aliphatic heterocycles. The van der Waals surface area contributed by atoms with E-state index in [0.29, 0.717) is 49.1 Å². The molecule has 0 aliphatic carbocycles. The van der Waals surface area contributed by atoms with E-state index in [1.165, 1.54) is 11.8 Å². The summed E-state index contributed by atoms with van der Waals surface area (Å²) >= 11 is 13.7. The first-order valence-electron chi connectivity index (χ1n) is 9.65. The summed E-state index contributed by atoms with van der Waals surface area (Å²) in [6.45, 7) is 0. The first kappa shape index (κ1) is 24.1. The number of benzene rings is 3. The molecule has 0 N–H and O–H groups in total. The largest absolute Gasteiger partial charge is 0.493 e. The van der Waals surface area contributed by atoms with Crippen molar-refractivity contribution >= 4 is 46.8 Å². The molecule has 0 spiro atoms. The van der Waals surface area contributed by atoms with Gasteiger partial charge in [-0.3, -0.25) is 4.79 Å². The molecule has 32 heavy (non-hydrogen) atoms. The Hall–Kier alpha value is -2.60. The van der Waals surface area contributed by atoms with Crippen molar-refractivity contribution in [1.82, 2.24) is 0 Å². The van der Waals surface area contributed by atoms with Gasteiger partial charge in [-0.05, 0) is 54.1 Å². The van der Waals surface area contributed by atoms with Gasteiger partial charge in [0.05, 0.1) is 26.2 Å². The first-order valence-corrected chi connectivity index (χ1v) is 11.4. The van der Waals surface area contributed by atoms with Crippen LogP contribution in [0, 0.1) is 0 Å². The fourth-order valence-corrected chi connectivity index (χ4v) is 4.50. The number of carbonyl (C=O) groups is 1. The van der Waals surface area contributed by atoms with E-state index < -0.39 is 0 Å². The number of methoxy groups -OCH3 is 3. The summed E-state index contributed by atoms with van der Waals surface area (Å²) in [7, 11) is 4.65. The Morgan fingerprint density at radius 1 is 0.875 bits per heavy atom. The van der Waals surface area contributed by atoms with Crippen LogP contribution in [0.5, 0.6) is 17.2 Å². The van der Waals surface area contributed by atoms with Crippen LogP contribution in [0.1, 0.15) is 21.5 Å². The van der Waals surface area contributed by atoms with Crippen LogP contribution in [-0.4, -0.2) is 27.1 Å². The summed E-state index contributed by atoms with van der Waals surface area (Å²) in [6.07, 6.45) is 1.79. The van der Waals surface area contributed by atoms with E-state index in [2.05, 4.69) is 0 Å². The fourth-order valence-electron chi connectivity index (χ4n) is 3.07. The Kier molecular flexibility index (Phi) is 8.51. The average Bonchev–Trinajstić information content (AvgIpc) is 2.82. The maximum absolute atomic E-state index is 13.4. The highest BCUT2D eigenvalue weighted by Gasteiger charge is 2.19. The van der Waals surface area contributed by atoms with E-state index >= 15 is 0 Å². The van der Waals surface area contributed by atoms with Crippen molar-refractivity contribution in [1.29, 1.82) is 0 Å². The summed E-state index contributed by atoms with van der Waals surface area (Å²) in [6, 6.07) is 18.0. The van der Waals surface area contributed by atoms with Crippen molar-refractivity contribution in [2.75, 3.05) is 21.3 Å². The molecule has 0 bridgehead atoms. The zero-order valence-corrected chi connectivity index (χ0v) is 20.2. The van der Waals surface area contributed by atoms with E-state index in [4.69, 9.17) is 37.4 Å². The fraction of sp³-hybridized carbons (Fsp3) is 0.160. The number of allylic oxidation sites excluding steroid dienone is 1. The van der Waals surface area contributed by atoms with E-state index in [9.17, 15) is 4.79 Å². The molecule has 3 aromatic carbocycles. The minimum atomic E-state index is -0.129. The van der Waals surface area contributed by atoms with Gasteiger partial charge < -0.3 is 14.2 Å². The molecule has 0 radical (unpaired) electrons. The van der Waals surface area contributed by atoms with Gasteiger partial charge in [0.25, 0.3) is 0 Å². The zero-order valence-electron chi connectivity index (χ0n) is 17.9. The lowest BCUT2D eigenvalue weighted by atomic mass is 10.1. The minimum Gasteiger partial charge on any atom is -0.493 e. The second-order valence-corrected chi connectivity index (χ2v) is 8.51. The van der Waals surface area contributed by atoms with Crippen LogP contribution < -0.4 is 14.2 Å². The van der Waals surface area contributed by atoms with Crippen LogP contribution in [-0.2, 0) is 5.75 Å². The summed E-state index contributed by atoms with van der Waals surface area (Å²) in [5.74, 6) is 1.87. The number of Topliss-reactive ketones (excluding diaryl/α,β-unsaturated/α-hetero) is 1. The number of halogens is 2. The number of thioether (sulfide) groups is 1. The number of hydrogen-bond acceptors (Lipinski definition) is 5. The van der Waals surface area contributed by atoms with Crippen LogP contribution >= 0.6 is 35.0 Å².